The molecule has 0 saturated carbocycles. The minimum absolute atomic E-state index is 0.502. The Morgan fingerprint density at radius 1 is 1.25 bits per heavy atom. The number of hydrogen-bond donors (Lipinski definition) is 1. The van der Waals surface area contributed by atoms with Gasteiger partial charge in [0.25, 0.3) is 0 Å². The molecule has 1 aromatic carbocycles. The van der Waals surface area contributed by atoms with Crippen LogP contribution in [0.4, 0.5) is 0 Å². The van der Waals surface area contributed by atoms with Crippen molar-refractivity contribution in [2.45, 2.75) is 26.3 Å². The van der Waals surface area contributed by atoms with E-state index in [2.05, 4.69) is 48.5 Å². The first-order valence-corrected chi connectivity index (χ1v) is 6.33. The molecule has 0 saturated heterocycles. The van der Waals surface area contributed by atoms with E-state index >= 15 is 0 Å². The van der Waals surface area contributed by atoms with Gasteiger partial charge in [-0.15, -0.1) is 11.3 Å². The summed E-state index contributed by atoms with van der Waals surface area (Å²) in [5.74, 6) is 0.502. The predicted molar refractivity (Wildman–Crippen MR) is 69.5 cm³/mol. The molecule has 2 rings (SSSR count). The predicted octanol–water partition coefficient (Wildman–Crippen LogP) is 3.39. The quantitative estimate of drug-likeness (QED) is 0.881. The lowest BCUT2D eigenvalue weighted by Crippen LogP contribution is -1.95. The topological polar surface area (TPSA) is 38.9 Å². The zero-order chi connectivity index (χ0) is 11.5. The second-order valence-electron chi connectivity index (χ2n) is 4.13. The molecule has 0 atom stereocenters. The molecule has 0 aliphatic heterocycles. The second-order valence-corrected chi connectivity index (χ2v) is 5.02. The summed E-state index contributed by atoms with van der Waals surface area (Å²) in [5, 5.41) is 3.31. The van der Waals surface area contributed by atoms with Crippen LogP contribution in [0, 0.1) is 0 Å². The largest absolute Gasteiger partial charge is 0.326 e. The van der Waals surface area contributed by atoms with E-state index in [1.54, 1.807) is 11.3 Å². The lowest BCUT2D eigenvalue weighted by molar-refractivity contribution is 0.853. The molecule has 2 aromatic rings. The summed E-state index contributed by atoms with van der Waals surface area (Å²) >= 11 is 1.73. The minimum atomic E-state index is 0.502. The van der Waals surface area contributed by atoms with Crippen LogP contribution in [0.25, 0.3) is 11.3 Å². The van der Waals surface area contributed by atoms with Crippen molar-refractivity contribution >= 4 is 11.3 Å². The molecule has 0 spiro atoms. The van der Waals surface area contributed by atoms with Crippen LogP contribution in [-0.4, -0.2) is 4.98 Å². The SMILES string of the molecule is CC(C)c1nc(-c2ccc(CN)cc2)cs1. The molecule has 0 unspecified atom stereocenters. The molecule has 0 radical (unpaired) electrons. The van der Waals surface area contributed by atoms with E-state index in [1.165, 1.54) is 10.6 Å². The monoisotopic (exact) mass is 232 g/mol. The van der Waals surface area contributed by atoms with Crippen LogP contribution in [0.3, 0.4) is 0 Å². The van der Waals surface area contributed by atoms with E-state index in [-0.39, 0.29) is 0 Å². The number of thiazole rings is 1. The molecule has 0 aliphatic rings. The average molecular weight is 232 g/mol. The highest BCUT2D eigenvalue weighted by Crippen LogP contribution is 2.26. The van der Waals surface area contributed by atoms with Gasteiger partial charge in [0.2, 0.25) is 0 Å². The van der Waals surface area contributed by atoms with Gasteiger partial charge < -0.3 is 5.73 Å². The third kappa shape index (κ3) is 2.31. The summed E-state index contributed by atoms with van der Waals surface area (Å²) in [6.45, 7) is 4.93. The molecule has 0 amide bonds. The standard InChI is InChI=1S/C13H16N2S/c1-9(2)13-15-12(8-16-13)11-5-3-10(7-14)4-6-11/h3-6,8-9H,7,14H2,1-2H3. The highest BCUT2D eigenvalue weighted by molar-refractivity contribution is 7.10. The zero-order valence-corrected chi connectivity index (χ0v) is 10.4. The van der Waals surface area contributed by atoms with Crippen LogP contribution in [0.5, 0.6) is 0 Å². The first kappa shape index (κ1) is 11.3. The van der Waals surface area contributed by atoms with E-state index in [0.717, 1.165) is 11.3 Å². The Morgan fingerprint density at radius 3 is 2.44 bits per heavy atom. The molecular weight excluding hydrogens is 216 g/mol. The normalized spacial score (nSPS) is 11.0. The molecule has 2 N–H and O–H groups in total. The number of benzene rings is 1. The molecule has 16 heavy (non-hydrogen) atoms. The third-order valence-corrected chi connectivity index (χ3v) is 3.65. The fraction of sp³-hybridized carbons (Fsp3) is 0.308. The first-order valence-electron chi connectivity index (χ1n) is 5.45. The van der Waals surface area contributed by atoms with Gasteiger partial charge in [0, 0.05) is 23.4 Å². The van der Waals surface area contributed by atoms with Crippen LogP contribution in [0.1, 0.15) is 30.3 Å². The summed E-state index contributed by atoms with van der Waals surface area (Å²) in [5.41, 5.74) is 8.96. The molecule has 0 bridgehead atoms. The maximum atomic E-state index is 5.57. The van der Waals surface area contributed by atoms with Gasteiger partial charge >= 0.3 is 0 Å². The van der Waals surface area contributed by atoms with Crippen LogP contribution in [-0.2, 0) is 6.54 Å². The fourth-order valence-electron chi connectivity index (χ4n) is 1.50. The highest BCUT2D eigenvalue weighted by atomic mass is 32.1. The van der Waals surface area contributed by atoms with Crippen LogP contribution in [0.15, 0.2) is 29.6 Å². The minimum Gasteiger partial charge on any atom is -0.326 e. The molecule has 1 heterocycles. The summed E-state index contributed by atoms with van der Waals surface area (Å²) in [7, 11) is 0. The van der Waals surface area contributed by atoms with E-state index in [9.17, 15) is 0 Å². The van der Waals surface area contributed by atoms with E-state index in [4.69, 9.17) is 5.73 Å². The summed E-state index contributed by atoms with van der Waals surface area (Å²) in [6, 6.07) is 8.29. The fourth-order valence-corrected chi connectivity index (χ4v) is 2.34. The van der Waals surface area contributed by atoms with Gasteiger partial charge in [0.05, 0.1) is 10.7 Å². The van der Waals surface area contributed by atoms with Crippen molar-refractivity contribution in [2.75, 3.05) is 0 Å². The third-order valence-electron chi connectivity index (χ3n) is 2.50. The second kappa shape index (κ2) is 4.76. The average Bonchev–Trinajstić information content (AvgIpc) is 2.78. The number of rotatable bonds is 3. The van der Waals surface area contributed by atoms with Crippen molar-refractivity contribution in [3.05, 3.63) is 40.2 Å². The van der Waals surface area contributed by atoms with Crippen molar-refractivity contribution in [3.8, 4) is 11.3 Å². The summed E-state index contributed by atoms with van der Waals surface area (Å²) in [4.78, 5) is 4.62. The van der Waals surface area contributed by atoms with Gasteiger partial charge in [-0.25, -0.2) is 4.98 Å². The van der Waals surface area contributed by atoms with Gasteiger partial charge in [-0.1, -0.05) is 38.1 Å². The molecule has 3 heteroatoms. The van der Waals surface area contributed by atoms with E-state index in [1.807, 2.05) is 0 Å². The van der Waals surface area contributed by atoms with Gasteiger partial charge in [0.15, 0.2) is 0 Å². The summed E-state index contributed by atoms with van der Waals surface area (Å²) in [6.07, 6.45) is 0. The Morgan fingerprint density at radius 2 is 1.94 bits per heavy atom. The maximum absolute atomic E-state index is 5.57. The number of hydrogen-bond acceptors (Lipinski definition) is 3. The Balaban J connectivity index is 2.28. The van der Waals surface area contributed by atoms with Crippen molar-refractivity contribution in [3.63, 3.8) is 0 Å². The van der Waals surface area contributed by atoms with Crippen molar-refractivity contribution in [1.82, 2.24) is 4.98 Å². The molecule has 2 nitrogen and oxygen atoms in total. The maximum Gasteiger partial charge on any atom is 0.0958 e. The van der Waals surface area contributed by atoms with Crippen LogP contribution in [0.2, 0.25) is 0 Å². The molecule has 84 valence electrons. The number of nitrogens with two attached hydrogens (primary N) is 1. The van der Waals surface area contributed by atoms with Gasteiger partial charge in [-0.3, -0.25) is 0 Å². The summed E-state index contributed by atoms with van der Waals surface area (Å²) < 4.78 is 0. The Hall–Kier alpha value is -1.19. The van der Waals surface area contributed by atoms with Gasteiger partial charge in [-0.2, -0.15) is 0 Å². The van der Waals surface area contributed by atoms with Crippen LogP contribution >= 0.6 is 11.3 Å². The van der Waals surface area contributed by atoms with Crippen LogP contribution < -0.4 is 5.73 Å². The Bertz CT molecular complexity index is 457. The first-order chi connectivity index (χ1) is 7.70. The highest BCUT2D eigenvalue weighted by Gasteiger charge is 2.07. The molecular formula is C13H16N2S. The lowest BCUT2D eigenvalue weighted by Gasteiger charge is -2.00. The number of nitrogens with zero attached hydrogens (tertiary/aromatic N) is 1. The van der Waals surface area contributed by atoms with E-state index < -0.39 is 0 Å². The van der Waals surface area contributed by atoms with E-state index in [0.29, 0.717) is 12.5 Å². The van der Waals surface area contributed by atoms with Crippen molar-refractivity contribution in [1.29, 1.82) is 0 Å². The van der Waals surface area contributed by atoms with Gasteiger partial charge in [-0.05, 0) is 5.56 Å². The van der Waals surface area contributed by atoms with Crippen molar-refractivity contribution in [2.24, 2.45) is 5.73 Å². The molecule has 0 fully saturated rings. The Kier molecular flexibility index (Phi) is 3.36. The van der Waals surface area contributed by atoms with Crippen molar-refractivity contribution < 1.29 is 0 Å². The lowest BCUT2D eigenvalue weighted by atomic mass is 10.1. The Labute approximate surface area is 100 Å². The van der Waals surface area contributed by atoms with Gasteiger partial charge in [0.1, 0.15) is 0 Å². The zero-order valence-electron chi connectivity index (χ0n) is 9.60. The number of aromatic nitrogens is 1. The molecule has 1 aromatic heterocycles. The smallest absolute Gasteiger partial charge is 0.0958 e. The molecule has 0 aliphatic carbocycles.